The van der Waals surface area contributed by atoms with E-state index < -0.39 is 5.79 Å². The van der Waals surface area contributed by atoms with Crippen LogP contribution in [0.25, 0.3) is 5.57 Å². The number of anilines is 1. The Kier molecular flexibility index (Phi) is 5.25. The van der Waals surface area contributed by atoms with Gasteiger partial charge in [0.1, 0.15) is 5.84 Å². The molecule has 5 rings (SSSR count). The summed E-state index contributed by atoms with van der Waals surface area (Å²) in [6.07, 6.45) is 6.72. The van der Waals surface area contributed by atoms with Gasteiger partial charge >= 0.3 is 0 Å². The van der Waals surface area contributed by atoms with Gasteiger partial charge in [-0.3, -0.25) is 10.4 Å². The minimum Gasteiger partial charge on any atom is -0.351 e. The van der Waals surface area contributed by atoms with Crippen LogP contribution in [-0.2, 0) is 25.8 Å². The van der Waals surface area contributed by atoms with Crippen LogP contribution < -0.4 is 21.7 Å². The second-order valence-electron chi connectivity index (χ2n) is 8.33. The minimum atomic E-state index is -1.13. The van der Waals surface area contributed by atoms with E-state index in [-0.39, 0.29) is 0 Å². The summed E-state index contributed by atoms with van der Waals surface area (Å²) in [5.41, 5.74) is 14.0. The summed E-state index contributed by atoms with van der Waals surface area (Å²) in [7, 11) is 1.89. The van der Waals surface area contributed by atoms with Crippen LogP contribution >= 0.6 is 11.6 Å². The largest absolute Gasteiger partial charge is 0.351 e. The van der Waals surface area contributed by atoms with Crippen molar-refractivity contribution in [1.29, 1.82) is 0 Å². The second kappa shape index (κ2) is 8.09. The summed E-state index contributed by atoms with van der Waals surface area (Å²) < 4.78 is 1.77. The van der Waals surface area contributed by atoms with E-state index in [2.05, 4.69) is 39.2 Å². The van der Waals surface area contributed by atoms with Gasteiger partial charge in [-0.2, -0.15) is 5.10 Å². The van der Waals surface area contributed by atoms with E-state index in [9.17, 15) is 0 Å². The lowest BCUT2D eigenvalue weighted by molar-refractivity contribution is 0.411. The Morgan fingerprint density at radius 2 is 2.06 bits per heavy atom. The lowest BCUT2D eigenvalue weighted by Crippen LogP contribution is -2.50. The molecule has 2 aliphatic rings. The summed E-state index contributed by atoms with van der Waals surface area (Å²) >= 11 is 6.23. The molecule has 164 valence electrons. The standard InChI is InChI=1S/C24H26ClN7/c1-15-9-19(4-6-22(15)25)24(26)28-13-21(18-12-29-32(2)14-18)23(31-24)30-20-5-3-16-7-8-27-11-17(16)10-20/h3-6,9-10,12-14,27-28H,7-8,11,26H2,1-2H3,(H,30,31). The van der Waals surface area contributed by atoms with Crippen molar-refractivity contribution in [2.45, 2.75) is 25.7 Å². The SMILES string of the molecule is Cc1cc(C2(N)N=C(Nc3ccc4c(c3)CNCC4)C(c3cnn(C)c3)=CN2)ccc1Cl. The molecule has 32 heavy (non-hydrogen) atoms. The molecule has 0 bridgehead atoms. The lowest BCUT2D eigenvalue weighted by Gasteiger charge is -2.32. The first-order valence-corrected chi connectivity index (χ1v) is 11.0. The number of nitrogens with one attached hydrogen (secondary N) is 3. The van der Waals surface area contributed by atoms with Crippen LogP contribution in [0.4, 0.5) is 5.69 Å². The van der Waals surface area contributed by atoms with Crippen molar-refractivity contribution in [2.24, 2.45) is 17.8 Å². The summed E-state index contributed by atoms with van der Waals surface area (Å²) in [4.78, 5) is 4.94. The van der Waals surface area contributed by atoms with E-state index in [4.69, 9.17) is 22.3 Å². The molecule has 1 aromatic heterocycles. The van der Waals surface area contributed by atoms with E-state index >= 15 is 0 Å². The summed E-state index contributed by atoms with van der Waals surface area (Å²) in [5, 5.41) is 15.2. The van der Waals surface area contributed by atoms with Crippen molar-refractivity contribution in [3.05, 3.63) is 87.8 Å². The van der Waals surface area contributed by atoms with Crippen molar-refractivity contribution >= 4 is 28.7 Å². The first-order chi connectivity index (χ1) is 15.4. The number of aliphatic imine (C=N–C) groups is 1. The number of nitrogens with zero attached hydrogens (tertiary/aromatic N) is 3. The molecular formula is C24H26ClN7. The zero-order valence-corrected chi connectivity index (χ0v) is 18.9. The molecule has 1 unspecified atom stereocenters. The molecule has 0 saturated heterocycles. The van der Waals surface area contributed by atoms with Crippen molar-refractivity contribution in [2.75, 3.05) is 11.9 Å². The highest BCUT2D eigenvalue weighted by molar-refractivity contribution is 6.31. The van der Waals surface area contributed by atoms with Crippen LogP contribution in [0, 0.1) is 6.92 Å². The summed E-state index contributed by atoms with van der Waals surface area (Å²) in [6, 6.07) is 12.2. The zero-order valence-electron chi connectivity index (χ0n) is 18.1. The topological polar surface area (TPSA) is 92.3 Å². The van der Waals surface area contributed by atoms with Crippen molar-refractivity contribution in [3.8, 4) is 0 Å². The van der Waals surface area contributed by atoms with Gasteiger partial charge in [-0.15, -0.1) is 0 Å². The molecule has 2 aliphatic heterocycles. The third kappa shape index (κ3) is 3.90. The van der Waals surface area contributed by atoms with E-state index in [0.29, 0.717) is 10.9 Å². The fourth-order valence-electron chi connectivity index (χ4n) is 4.12. The molecule has 7 nitrogen and oxygen atoms in total. The number of nitrogens with two attached hydrogens (primary N) is 1. The Bertz CT molecular complexity index is 1240. The van der Waals surface area contributed by atoms with Crippen LogP contribution in [-0.4, -0.2) is 22.2 Å². The highest BCUT2D eigenvalue weighted by Gasteiger charge is 2.31. The number of aromatic nitrogens is 2. The molecule has 0 radical (unpaired) electrons. The van der Waals surface area contributed by atoms with Gasteiger partial charge in [-0.1, -0.05) is 23.7 Å². The Morgan fingerprint density at radius 3 is 2.84 bits per heavy atom. The van der Waals surface area contributed by atoms with Gasteiger partial charge in [0, 0.05) is 53.4 Å². The molecule has 0 spiro atoms. The molecule has 0 aliphatic carbocycles. The van der Waals surface area contributed by atoms with Gasteiger partial charge in [-0.05, 0) is 60.8 Å². The first-order valence-electron chi connectivity index (χ1n) is 10.6. The second-order valence-corrected chi connectivity index (χ2v) is 8.74. The number of aryl methyl sites for hydroxylation is 2. The Labute approximate surface area is 192 Å². The Balaban J connectivity index is 1.54. The monoisotopic (exact) mass is 447 g/mol. The molecule has 2 aromatic carbocycles. The van der Waals surface area contributed by atoms with Crippen LogP contribution in [0.15, 0.2) is 60.0 Å². The normalized spacial score (nSPS) is 20.1. The molecule has 0 fully saturated rings. The number of fused-ring (bicyclic) bond motifs is 1. The molecular weight excluding hydrogens is 422 g/mol. The third-order valence-corrected chi connectivity index (χ3v) is 6.37. The predicted molar refractivity (Wildman–Crippen MR) is 129 cm³/mol. The van der Waals surface area contributed by atoms with Gasteiger partial charge in [-0.25, -0.2) is 4.99 Å². The van der Waals surface area contributed by atoms with Crippen LogP contribution in [0.3, 0.4) is 0 Å². The molecule has 5 N–H and O–H groups in total. The Morgan fingerprint density at radius 1 is 1.19 bits per heavy atom. The van der Waals surface area contributed by atoms with Crippen molar-refractivity contribution in [3.63, 3.8) is 0 Å². The Hall–Kier alpha value is -3.13. The van der Waals surface area contributed by atoms with E-state index in [1.807, 2.05) is 50.8 Å². The molecule has 3 heterocycles. The van der Waals surface area contributed by atoms with Crippen LogP contribution in [0.2, 0.25) is 5.02 Å². The highest BCUT2D eigenvalue weighted by atomic mass is 35.5. The first kappa shape index (κ1) is 20.8. The van der Waals surface area contributed by atoms with Crippen LogP contribution in [0.1, 0.15) is 27.8 Å². The smallest absolute Gasteiger partial charge is 0.211 e. The summed E-state index contributed by atoms with van der Waals surface area (Å²) in [6.45, 7) is 3.84. The van der Waals surface area contributed by atoms with Gasteiger partial charge in [0.05, 0.1) is 6.20 Å². The van der Waals surface area contributed by atoms with E-state index in [1.54, 1.807) is 4.68 Å². The minimum absolute atomic E-state index is 0.676. The molecule has 0 amide bonds. The lowest BCUT2D eigenvalue weighted by atomic mass is 10.00. The molecule has 0 saturated carbocycles. The number of hydrogen-bond acceptors (Lipinski definition) is 6. The zero-order chi connectivity index (χ0) is 22.3. The molecule has 1 atom stereocenters. The van der Waals surface area contributed by atoms with E-state index in [0.717, 1.165) is 47.5 Å². The van der Waals surface area contributed by atoms with Gasteiger partial charge in [0.2, 0.25) is 5.79 Å². The summed E-state index contributed by atoms with van der Waals surface area (Å²) in [5.74, 6) is -0.449. The van der Waals surface area contributed by atoms with E-state index in [1.165, 1.54) is 11.1 Å². The number of benzene rings is 2. The van der Waals surface area contributed by atoms with Crippen molar-refractivity contribution < 1.29 is 0 Å². The number of halogens is 1. The number of amidine groups is 1. The van der Waals surface area contributed by atoms with Crippen LogP contribution in [0.5, 0.6) is 0 Å². The van der Waals surface area contributed by atoms with Gasteiger partial charge in [0.25, 0.3) is 0 Å². The number of rotatable bonds is 3. The maximum Gasteiger partial charge on any atom is 0.211 e. The average Bonchev–Trinajstić information content (AvgIpc) is 3.21. The predicted octanol–water partition coefficient (Wildman–Crippen LogP) is 3.25. The number of hydrogen-bond donors (Lipinski definition) is 4. The molecule has 3 aromatic rings. The fourth-order valence-corrected chi connectivity index (χ4v) is 4.24. The van der Waals surface area contributed by atoms with Gasteiger partial charge < -0.3 is 16.0 Å². The average molecular weight is 448 g/mol. The third-order valence-electron chi connectivity index (χ3n) is 5.95. The van der Waals surface area contributed by atoms with Crippen molar-refractivity contribution in [1.82, 2.24) is 20.4 Å². The maximum atomic E-state index is 6.74. The quantitative estimate of drug-likeness (QED) is 0.494. The highest BCUT2D eigenvalue weighted by Crippen LogP contribution is 2.30. The fraction of sp³-hybridized carbons (Fsp3) is 0.250. The molecule has 8 heteroatoms. The van der Waals surface area contributed by atoms with Gasteiger partial charge in [0.15, 0.2) is 0 Å². The maximum absolute atomic E-state index is 6.74.